The van der Waals surface area contributed by atoms with Crippen molar-refractivity contribution in [3.63, 3.8) is 0 Å². The molecule has 0 bridgehead atoms. The third kappa shape index (κ3) is 1.91. The number of nitrogens with one attached hydrogen (secondary N) is 1. The lowest BCUT2D eigenvalue weighted by molar-refractivity contribution is 0.119. The first-order valence-electron chi connectivity index (χ1n) is 6.23. The van der Waals surface area contributed by atoms with Gasteiger partial charge in [0.25, 0.3) is 0 Å². The lowest BCUT2D eigenvalue weighted by Gasteiger charge is -2.25. The molecule has 1 N–H and O–H groups in total. The lowest BCUT2D eigenvalue weighted by atomic mass is 10.0. The van der Waals surface area contributed by atoms with Crippen molar-refractivity contribution in [3.05, 3.63) is 29.5 Å². The Balaban J connectivity index is 2.04. The van der Waals surface area contributed by atoms with Crippen LogP contribution in [0.25, 0.3) is 10.9 Å². The van der Waals surface area contributed by atoms with Crippen LogP contribution in [0.15, 0.2) is 18.2 Å². The molecule has 5 nitrogen and oxygen atoms in total. The minimum Gasteiger partial charge on any atom is -0.497 e. The summed E-state index contributed by atoms with van der Waals surface area (Å²) >= 11 is 0. The first kappa shape index (κ1) is 11.9. The SMILES string of the molecule is COC(=O)N1CCc2[nH]c3ccc(OC)cc3c2C1. The van der Waals surface area contributed by atoms with Crippen LogP contribution < -0.4 is 4.74 Å². The van der Waals surface area contributed by atoms with Gasteiger partial charge in [0, 0.05) is 35.1 Å². The summed E-state index contributed by atoms with van der Waals surface area (Å²) in [5.41, 5.74) is 3.44. The molecule has 3 rings (SSSR count). The van der Waals surface area contributed by atoms with Crippen LogP contribution >= 0.6 is 0 Å². The first-order chi connectivity index (χ1) is 9.22. The molecular weight excluding hydrogens is 244 g/mol. The molecule has 1 aromatic heterocycles. The van der Waals surface area contributed by atoms with E-state index in [0.29, 0.717) is 13.1 Å². The standard InChI is InChI=1S/C14H16N2O3/c1-18-9-3-4-12-10(7-9)11-8-16(14(17)19-2)6-5-13(11)15-12/h3-4,7,15H,5-6,8H2,1-2H3. The van der Waals surface area contributed by atoms with E-state index in [9.17, 15) is 4.79 Å². The number of carbonyl (C=O) groups is 1. The zero-order chi connectivity index (χ0) is 13.4. The van der Waals surface area contributed by atoms with Gasteiger partial charge in [0.15, 0.2) is 0 Å². The number of H-pyrrole nitrogens is 1. The van der Waals surface area contributed by atoms with E-state index >= 15 is 0 Å². The smallest absolute Gasteiger partial charge is 0.409 e. The van der Waals surface area contributed by atoms with Crippen LogP contribution in [0.3, 0.4) is 0 Å². The van der Waals surface area contributed by atoms with Crippen molar-refractivity contribution < 1.29 is 14.3 Å². The molecule has 0 saturated carbocycles. The molecule has 19 heavy (non-hydrogen) atoms. The quantitative estimate of drug-likeness (QED) is 0.856. The Morgan fingerprint density at radius 3 is 2.95 bits per heavy atom. The molecule has 5 heteroatoms. The van der Waals surface area contributed by atoms with Gasteiger partial charge in [-0.25, -0.2) is 4.79 Å². The average Bonchev–Trinajstić information content (AvgIpc) is 2.83. The van der Waals surface area contributed by atoms with Crippen molar-refractivity contribution in [1.82, 2.24) is 9.88 Å². The predicted octanol–water partition coefficient (Wildman–Crippen LogP) is 2.30. The van der Waals surface area contributed by atoms with Crippen molar-refractivity contribution in [2.45, 2.75) is 13.0 Å². The molecule has 0 spiro atoms. The van der Waals surface area contributed by atoms with E-state index in [4.69, 9.17) is 9.47 Å². The highest BCUT2D eigenvalue weighted by Crippen LogP contribution is 2.30. The molecule has 0 saturated heterocycles. The molecule has 0 fully saturated rings. The van der Waals surface area contributed by atoms with Crippen LogP contribution in [0.4, 0.5) is 4.79 Å². The Morgan fingerprint density at radius 1 is 1.37 bits per heavy atom. The van der Waals surface area contributed by atoms with Gasteiger partial charge in [-0.05, 0) is 18.2 Å². The summed E-state index contributed by atoms with van der Waals surface area (Å²) < 4.78 is 10.0. The minimum atomic E-state index is -0.275. The third-order valence-corrected chi connectivity index (χ3v) is 3.62. The van der Waals surface area contributed by atoms with E-state index in [1.54, 1.807) is 12.0 Å². The molecule has 100 valence electrons. The Hall–Kier alpha value is -2.17. The predicted molar refractivity (Wildman–Crippen MR) is 71.4 cm³/mol. The van der Waals surface area contributed by atoms with E-state index in [1.807, 2.05) is 18.2 Å². The van der Waals surface area contributed by atoms with Crippen LogP contribution in [0.2, 0.25) is 0 Å². The van der Waals surface area contributed by atoms with E-state index < -0.39 is 0 Å². The van der Waals surface area contributed by atoms with E-state index in [0.717, 1.165) is 28.6 Å². The molecule has 1 amide bonds. The number of ether oxygens (including phenoxy) is 2. The molecule has 2 heterocycles. The zero-order valence-corrected chi connectivity index (χ0v) is 11.0. The summed E-state index contributed by atoms with van der Waals surface area (Å²) in [4.78, 5) is 16.8. The van der Waals surface area contributed by atoms with Gasteiger partial charge in [0.1, 0.15) is 5.75 Å². The highest BCUT2D eigenvalue weighted by molar-refractivity contribution is 5.86. The number of amides is 1. The van der Waals surface area contributed by atoms with Crippen molar-refractivity contribution in [2.75, 3.05) is 20.8 Å². The number of carbonyl (C=O) groups excluding carboxylic acids is 1. The Bertz CT molecular complexity index is 633. The van der Waals surface area contributed by atoms with Gasteiger partial charge in [-0.1, -0.05) is 0 Å². The maximum atomic E-state index is 11.6. The number of aromatic nitrogens is 1. The van der Waals surface area contributed by atoms with Crippen molar-refractivity contribution in [1.29, 1.82) is 0 Å². The topological polar surface area (TPSA) is 54.6 Å². The maximum absolute atomic E-state index is 11.6. The Labute approximate surface area is 111 Å². The fourth-order valence-corrected chi connectivity index (χ4v) is 2.61. The van der Waals surface area contributed by atoms with Gasteiger partial charge < -0.3 is 19.4 Å². The zero-order valence-electron chi connectivity index (χ0n) is 11.0. The van der Waals surface area contributed by atoms with Crippen LogP contribution in [0.5, 0.6) is 5.75 Å². The van der Waals surface area contributed by atoms with Crippen molar-refractivity contribution >= 4 is 17.0 Å². The number of hydrogen-bond acceptors (Lipinski definition) is 3. The summed E-state index contributed by atoms with van der Waals surface area (Å²) in [7, 11) is 3.07. The molecule has 0 aliphatic carbocycles. The second-order valence-corrected chi connectivity index (χ2v) is 4.64. The van der Waals surface area contributed by atoms with Crippen LogP contribution in [-0.4, -0.2) is 36.7 Å². The van der Waals surface area contributed by atoms with Crippen molar-refractivity contribution in [3.8, 4) is 5.75 Å². The molecule has 1 aromatic carbocycles. The molecule has 0 unspecified atom stereocenters. The summed E-state index contributed by atoms with van der Waals surface area (Å²) in [6.07, 6.45) is 0.546. The van der Waals surface area contributed by atoms with Crippen LogP contribution in [0.1, 0.15) is 11.3 Å². The van der Waals surface area contributed by atoms with Gasteiger partial charge >= 0.3 is 6.09 Å². The van der Waals surface area contributed by atoms with Crippen molar-refractivity contribution in [2.24, 2.45) is 0 Å². The van der Waals surface area contributed by atoms with Gasteiger partial charge in [-0.3, -0.25) is 0 Å². The van der Waals surface area contributed by atoms with E-state index in [1.165, 1.54) is 12.8 Å². The summed E-state index contributed by atoms with van der Waals surface area (Å²) in [5.74, 6) is 0.824. The second-order valence-electron chi connectivity index (χ2n) is 4.64. The summed E-state index contributed by atoms with van der Waals surface area (Å²) in [6, 6.07) is 5.95. The monoisotopic (exact) mass is 260 g/mol. The second kappa shape index (κ2) is 4.50. The minimum absolute atomic E-state index is 0.275. The molecule has 0 radical (unpaired) electrons. The first-order valence-corrected chi connectivity index (χ1v) is 6.23. The number of rotatable bonds is 1. The normalized spacial score (nSPS) is 14.3. The van der Waals surface area contributed by atoms with Crippen LogP contribution in [-0.2, 0) is 17.7 Å². The molecule has 1 aliphatic rings. The van der Waals surface area contributed by atoms with E-state index in [2.05, 4.69) is 4.98 Å². The highest BCUT2D eigenvalue weighted by Gasteiger charge is 2.24. The third-order valence-electron chi connectivity index (χ3n) is 3.62. The summed E-state index contributed by atoms with van der Waals surface area (Å²) in [5, 5.41) is 1.11. The van der Waals surface area contributed by atoms with Gasteiger partial charge in [-0.2, -0.15) is 0 Å². The van der Waals surface area contributed by atoms with Gasteiger partial charge in [0.05, 0.1) is 20.8 Å². The van der Waals surface area contributed by atoms with E-state index in [-0.39, 0.29) is 6.09 Å². The Morgan fingerprint density at radius 2 is 2.21 bits per heavy atom. The number of methoxy groups -OCH3 is 2. The van der Waals surface area contributed by atoms with Crippen LogP contribution in [0, 0.1) is 0 Å². The number of nitrogens with zero attached hydrogens (tertiary/aromatic N) is 1. The number of hydrogen-bond donors (Lipinski definition) is 1. The largest absolute Gasteiger partial charge is 0.497 e. The number of aromatic amines is 1. The lowest BCUT2D eigenvalue weighted by Crippen LogP contribution is -2.35. The maximum Gasteiger partial charge on any atom is 0.409 e. The van der Waals surface area contributed by atoms with Gasteiger partial charge in [0.2, 0.25) is 0 Å². The van der Waals surface area contributed by atoms with Gasteiger partial charge in [-0.15, -0.1) is 0 Å². The average molecular weight is 260 g/mol. The number of fused-ring (bicyclic) bond motifs is 3. The summed E-state index contributed by atoms with van der Waals surface area (Å²) in [6.45, 7) is 1.26. The molecular formula is C14H16N2O3. The Kier molecular flexibility index (Phi) is 2.81. The molecule has 0 atom stereocenters. The molecule has 1 aliphatic heterocycles. The fraction of sp³-hybridized carbons (Fsp3) is 0.357. The fourth-order valence-electron chi connectivity index (χ4n) is 2.61. The molecule has 2 aromatic rings. The highest BCUT2D eigenvalue weighted by atomic mass is 16.5. The number of benzene rings is 1.